The van der Waals surface area contributed by atoms with Gasteiger partial charge in [-0.05, 0) is 36.2 Å². The Morgan fingerprint density at radius 1 is 1.25 bits per heavy atom. The number of benzene rings is 1. The number of hydrogen-bond acceptors (Lipinski definition) is 6. The van der Waals surface area contributed by atoms with Crippen LogP contribution in [0.2, 0.25) is 5.28 Å². The summed E-state index contributed by atoms with van der Waals surface area (Å²) in [7, 11) is 1.63. The molecule has 0 spiro atoms. The van der Waals surface area contributed by atoms with Gasteiger partial charge in [-0.15, -0.1) is 0 Å². The third-order valence-corrected chi connectivity index (χ3v) is 2.61. The summed E-state index contributed by atoms with van der Waals surface area (Å²) in [5, 5.41) is 3.16. The quantitative estimate of drug-likeness (QED) is 0.883. The summed E-state index contributed by atoms with van der Waals surface area (Å²) in [6.07, 6.45) is 0. The Hall–Kier alpha value is -2.08. The van der Waals surface area contributed by atoms with Gasteiger partial charge in [0.25, 0.3) is 0 Å². The molecule has 2 aromatic rings. The molecule has 0 saturated carbocycles. The first-order valence-corrected chi connectivity index (χ1v) is 6.50. The van der Waals surface area contributed by atoms with Gasteiger partial charge in [0.1, 0.15) is 5.75 Å². The Morgan fingerprint density at radius 2 is 2.10 bits per heavy atom. The maximum absolute atomic E-state index is 5.81. The predicted octanol–water partition coefficient (Wildman–Crippen LogP) is 2.54. The molecule has 0 atom stereocenters. The Labute approximate surface area is 122 Å². The van der Waals surface area contributed by atoms with Crippen molar-refractivity contribution in [1.82, 2.24) is 15.0 Å². The number of halogens is 1. The third kappa shape index (κ3) is 3.96. The van der Waals surface area contributed by atoms with Crippen LogP contribution in [-0.2, 0) is 6.54 Å². The highest BCUT2D eigenvalue weighted by Gasteiger charge is 2.05. The molecule has 0 aliphatic heterocycles. The number of nitrogens with zero attached hydrogens (tertiary/aromatic N) is 3. The van der Waals surface area contributed by atoms with Crippen LogP contribution in [-0.4, -0.2) is 28.7 Å². The van der Waals surface area contributed by atoms with E-state index in [9.17, 15) is 0 Å². The van der Waals surface area contributed by atoms with Crippen molar-refractivity contribution in [2.24, 2.45) is 0 Å². The summed E-state index contributed by atoms with van der Waals surface area (Å²) >= 11 is 5.81. The molecule has 0 radical (unpaired) electrons. The molecule has 7 heteroatoms. The SMILES string of the molecule is CCOc1nc(Cl)nc(NCc2cccc(OC)c2)n1. The Morgan fingerprint density at radius 3 is 2.85 bits per heavy atom. The summed E-state index contributed by atoms with van der Waals surface area (Å²) in [6.45, 7) is 2.86. The van der Waals surface area contributed by atoms with Crippen LogP contribution in [0.15, 0.2) is 24.3 Å². The molecule has 0 aliphatic carbocycles. The van der Waals surface area contributed by atoms with Crippen LogP contribution in [0, 0.1) is 0 Å². The topological polar surface area (TPSA) is 69.2 Å². The summed E-state index contributed by atoms with van der Waals surface area (Å²) in [6, 6.07) is 7.92. The minimum absolute atomic E-state index is 0.0941. The van der Waals surface area contributed by atoms with E-state index in [1.54, 1.807) is 7.11 Å². The number of ether oxygens (including phenoxy) is 2. The number of methoxy groups -OCH3 is 1. The number of nitrogens with one attached hydrogen (secondary N) is 1. The second-order valence-corrected chi connectivity index (χ2v) is 4.19. The molecule has 0 aliphatic rings. The molecule has 1 heterocycles. The molecule has 0 unspecified atom stereocenters. The smallest absolute Gasteiger partial charge is 0.322 e. The fraction of sp³-hybridized carbons (Fsp3) is 0.308. The van der Waals surface area contributed by atoms with Crippen LogP contribution in [0.1, 0.15) is 12.5 Å². The zero-order chi connectivity index (χ0) is 14.4. The van der Waals surface area contributed by atoms with Gasteiger partial charge in [-0.1, -0.05) is 12.1 Å². The van der Waals surface area contributed by atoms with E-state index in [1.807, 2.05) is 31.2 Å². The summed E-state index contributed by atoms with van der Waals surface area (Å²) in [5.41, 5.74) is 1.04. The van der Waals surface area contributed by atoms with Gasteiger partial charge in [0.05, 0.1) is 13.7 Å². The second-order valence-electron chi connectivity index (χ2n) is 3.85. The van der Waals surface area contributed by atoms with Crippen molar-refractivity contribution >= 4 is 17.5 Å². The highest BCUT2D eigenvalue weighted by Crippen LogP contribution is 2.15. The number of hydrogen-bond donors (Lipinski definition) is 1. The molecular formula is C13H15ClN4O2. The van der Waals surface area contributed by atoms with E-state index in [0.29, 0.717) is 19.1 Å². The van der Waals surface area contributed by atoms with Crippen LogP contribution in [0.4, 0.5) is 5.95 Å². The normalized spacial score (nSPS) is 10.2. The van der Waals surface area contributed by atoms with E-state index in [1.165, 1.54) is 0 Å². The molecule has 1 aromatic carbocycles. The second kappa shape index (κ2) is 6.91. The van der Waals surface area contributed by atoms with Gasteiger partial charge in [-0.25, -0.2) is 0 Å². The molecule has 2 rings (SSSR count). The summed E-state index contributed by atoms with van der Waals surface area (Å²) < 4.78 is 10.4. The molecule has 0 saturated heterocycles. The van der Waals surface area contributed by atoms with Crippen LogP contribution in [0.25, 0.3) is 0 Å². The zero-order valence-electron chi connectivity index (χ0n) is 11.3. The van der Waals surface area contributed by atoms with Crippen molar-refractivity contribution in [3.05, 3.63) is 35.1 Å². The molecule has 0 bridgehead atoms. The Bertz CT molecular complexity index is 580. The lowest BCUT2D eigenvalue weighted by Crippen LogP contribution is -2.07. The van der Waals surface area contributed by atoms with Gasteiger partial charge in [-0.2, -0.15) is 15.0 Å². The molecular weight excluding hydrogens is 280 g/mol. The first-order chi connectivity index (χ1) is 9.71. The molecule has 0 fully saturated rings. The van der Waals surface area contributed by atoms with Crippen LogP contribution in [0.5, 0.6) is 11.8 Å². The molecule has 6 nitrogen and oxygen atoms in total. The average molecular weight is 295 g/mol. The average Bonchev–Trinajstić information content (AvgIpc) is 2.45. The minimum atomic E-state index is 0.0941. The van der Waals surface area contributed by atoms with Gasteiger partial charge < -0.3 is 14.8 Å². The van der Waals surface area contributed by atoms with Gasteiger partial charge in [0.2, 0.25) is 11.2 Å². The molecule has 20 heavy (non-hydrogen) atoms. The lowest BCUT2D eigenvalue weighted by Gasteiger charge is -2.08. The van der Waals surface area contributed by atoms with E-state index in [-0.39, 0.29) is 11.3 Å². The number of rotatable bonds is 6. The van der Waals surface area contributed by atoms with E-state index in [2.05, 4.69) is 20.3 Å². The fourth-order valence-corrected chi connectivity index (χ4v) is 1.72. The molecule has 1 N–H and O–H groups in total. The first kappa shape index (κ1) is 14.3. The van der Waals surface area contributed by atoms with Crippen LogP contribution in [0.3, 0.4) is 0 Å². The van der Waals surface area contributed by atoms with Crippen LogP contribution >= 0.6 is 11.6 Å². The van der Waals surface area contributed by atoms with E-state index < -0.39 is 0 Å². The minimum Gasteiger partial charge on any atom is -0.497 e. The number of anilines is 1. The Kier molecular flexibility index (Phi) is 4.95. The van der Waals surface area contributed by atoms with E-state index >= 15 is 0 Å². The maximum Gasteiger partial charge on any atom is 0.322 e. The summed E-state index contributed by atoms with van der Waals surface area (Å²) in [4.78, 5) is 12.0. The first-order valence-electron chi connectivity index (χ1n) is 6.12. The van der Waals surface area contributed by atoms with Crippen LogP contribution < -0.4 is 14.8 Å². The summed E-state index contributed by atoms with van der Waals surface area (Å²) in [5.74, 6) is 1.17. The molecule has 0 amide bonds. The highest BCUT2D eigenvalue weighted by molar-refractivity contribution is 6.28. The van der Waals surface area contributed by atoms with Crippen molar-refractivity contribution in [1.29, 1.82) is 0 Å². The Balaban J connectivity index is 2.06. The van der Waals surface area contributed by atoms with E-state index in [4.69, 9.17) is 21.1 Å². The fourth-order valence-electron chi connectivity index (χ4n) is 1.57. The van der Waals surface area contributed by atoms with Crippen molar-refractivity contribution in [2.75, 3.05) is 19.0 Å². The predicted molar refractivity (Wildman–Crippen MR) is 76.3 cm³/mol. The van der Waals surface area contributed by atoms with Crippen molar-refractivity contribution in [3.8, 4) is 11.8 Å². The molecule has 1 aromatic heterocycles. The monoisotopic (exact) mass is 294 g/mol. The third-order valence-electron chi connectivity index (χ3n) is 2.45. The molecule has 106 valence electrons. The highest BCUT2D eigenvalue weighted by atomic mass is 35.5. The van der Waals surface area contributed by atoms with Crippen molar-refractivity contribution < 1.29 is 9.47 Å². The van der Waals surface area contributed by atoms with Crippen molar-refractivity contribution in [3.63, 3.8) is 0 Å². The lowest BCUT2D eigenvalue weighted by atomic mass is 10.2. The van der Waals surface area contributed by atoms with Gasteiger partial charge >= 0.3 is 6.01 Å². The van der Waals surface area contributed by atoms with E-state index in [0.717, 1.165) is 11.3 Å². The zero-order valence-corrected chi connectivity index (χ0v) is 12.0. The van der Waals surface area contributed by atoms with Gasteiger partial charge in [0, 0.05) is 6.54 Å². The standard InChI is InChI=1S/C13H15ClN4O2/c1-3-20-13-17-11(14)16-12(18-13)15-8-9-5-4-6-10(7-9)19-2/h4-7H,3,8H2,1-2H3,(H,15,16,17,18). The van der Waals surface area contributed by atoms with Gasteiger partial charge in [-0.3, -0.25) is 0 Å². The van der Waals surface area contributed by atoms with Gasteiger partial charge in [0.15, 0.2) is 0 Å². The largest absolute Gasteiger partial charge is 0.497 e. The maximum atomic E-state index is 5.81. The van der Waals surface area contributed by atoms with Crippen molar-refractivity contribution in [2.45, 2.75) is 13.5 Å². The lowest BCUT2D eigenvalue weighted by molar-refractivity contribution is 0.312. The number of aromatic nitrogens is 3.